The fourth-order valence-electron chi connectivity index (χ4n) is 2.17. The predicted molar refractivity (Wildman–Crippen MR) is 70.0 cm³/mol. The number of aliphatic hydroxyl groups excluding tert-OH is 3. The minimum atomic E-state index is -1.47. The molecule has 0 spiro atoms. The molecule has 2 heterocycles. The summed E-state index contributed by atoms with van der Waals surface area (Å²) in [6.07, 6.45) is -4.13. The van der Waals surface area contributed by atoms with Crippen LogP contribution in [0, 0.1) is 0 Å². The molecule has 1 saturated heterocycles. The maximum atomic E-state index is 12.3. The van der Waals surface area contributed by atoms with Gasteiger partial charge < -0.3 is 24.8 Å². The summed E-state index contributed by atoms with van der Waals surface area (Å²) in [6.45, 7) is -1.14. The van der Waals surface area contributed by atoms with E-state index >= 15 is 0 Å². The van der Waals surface area contributed by atoms with Crippen LogP contribution in [0.5, 0.6) is 0 Å². The number of carbonyl (C=O) groups excluding carboxylic acids is 1. The summed E-state index contributed by atoms with van der Waals surface area (Å²) in [5.74, 6) is -0.793. The first-order valence-corrected chi connectivity index (χ1v) is 6.42. The minimum absolute atomic E-state index is 0.550. The van der Waals surface area contributed by atoms with Gasteiger partial charge in [0, 0.05) is 12.3 Å². The molecule has 1 aliphatic heterocycles. The van der Waals surface area contributed by atoms with E-state index in [1.807, 2.05) is 0 Å². The van der Waals surface area contributed by atoms with Crippen molar-refractivity contribution in [3.05, 3.63) is 33.1 Å². The molecular weight excluding hydrogens is 300 g/mol. The highest BCUT2D eigenvalue weighted by Gasteiger charge is 2.43. The number of ether oxygens (including phenoxy) is 2. The summed E-state index contributed by atoms with van der Waals surface area (Å²) in [7, 11) is 1.11. The molecular formula is C12H16N2O8. The molecule has 0 bridgehead atoms. The van der Waals surface area contributed by atoms with Crippen LogP contribution in [0.2, 0.25) is 0 Å². The predicted octanol–water partition coefficient (Wildman–Crippen LogP) is -3.21. The van der Waals surface area contributed by atoms with Gasteiger partial charge in [-0.1, -0.05) is 0 Å². The Morgan fingerprint density at radius 3 is 2.59 bits per heavy atom. The van der Waals surface area contributed by atoms with Crippen molar-refractivity contribution in [1.29, 1.82) is 0 Å². The third kappa shape index (κ3) is 2.81. The van der Waals surface area contributed by atoms with Crippen LogP contribution in [0.4, 0.5) is 0 Å². The fraction of sp³-hybridized carbons (Fsp3) is 0.583. The zero-order valence-corrected chi connectivity index (χ0v) is 11.7. The molecule has 122 valence electrons. The first kappa shape index (κ1) is 16.4. The lowest BCUT2D eigenvalue weighted by atomic mass is 10.1. The largest absolute Gasteiger partial charge is 0.468 e. The van der Waals surface area contributed by atoms with E-state index in [1.165, 1.54) is 0 Å². The first-order chi connectivity index (χ1) is 10.4. The SMILES string of the molecule is COC(=O)Cn1c(=O)ccn([C@@H]2O[C@H](CO)[C@@H](O)[C@H]2O)c1=O. The van der Waals surface area contributed by atoms with Gasteiger partial charge in [-0.05, 0) is 0 Å². The average Bonchev–Trinajstić information content (AvgIpc) is 2.79. The molecule has 0 saturated carbocycles. The highest BCUT2D eigenvalue weighted by atomic mass is 16.6. The van der Waals surface area contributed by atoms with E-state index in [0.717, 1.165) is 23.9 Å². The van der Waals surface area contributed by atoms with E-state index in [2.05, 4.69) is 4.74 Å². The van der Waals surface area contributed by atoms with Crippen molar-refractivity contribution < 1.29 is 29.6 Å². The number of hydrogen-bond acceptors (Lipinski definition) is 8. The highest BCUT2D eigenvalue weighted by Crippen LogP contribution is 2.27. The summed E-state index contributed by atoms with van der Waals surface area (Å²) < 4.78 is 11.1. The van der Waals surface area contributed by atoms with Gasteiger partial charge in [0.1, 0.15) is 24.9 Å². The van der Waals surface area contributed by atoms with E-state index in [1.54, 1.807) is 0 Å². The molecule has 0 radical (unpaired) electrons. The van der Waals surface area contributed by atoms with E-state index in [4.69, 9.17) is 9.84 Å². The molecule has 3 N–H and O–H groups in total. The molecule has 0 unspecified atom stereocenters. The quantitative estimate of drug-likeness (QED) is 0.493. The van der Waals surface area contributed by atoms with Gasteiger partial charge in [0.2, 0.25) is 0 Å². The second kappa shape index (κ2) is 6.40. The zero-order chi connectivity index (χ0) is 16.4. The molecule has 0 amide bonds. The van der Waals surface area contributed by atoms with Gasteiger partial charge in [-0.3, -0.25) is 14.2 Å². The Kier molecular flexibility index (Phi) is 4.76. The normalized spacial score (nSPS) is 27.8. The maximum Gasteiger partial charge on any atom is 0.333 e. The molecule has 10 nitrogen and oxygen atoms in total. The third-order valence-electron chi connectivity index (χ3n) is 3.40. The molecule has 0 aliphatic carbocycles. The summed E-state index contributed by atoms with van der Waals surface area (Å²) in [5, 5.41) is 28.6. The number of rotatable bonds is 4. The maximum absolute atomic E-state index is 12.3. The van der Waals surface area contributed by atoms with Crippen molar-refractivity contribution in [3.8, 4) is 0 Å². The molecule has 1 aromatic rings. The second-order valence-corrected chi connectivity index (χ2v) is 4.73. The number of esters is 1. The fourth-order valence-corrected chi connectivity index (χ4v) is 2.17. The van der Waals surface area contributed by atoms with Crippen molar-refractivity contribution in [2.24, 2.45) is 0 Å². The lowest BCUT2D eigenvalue weighted by Gasteiger charge is -2.18. The summed E-state index contributed by atoms with van der Waals surface area (Å²) in [6, 6.07) is 1.01. The molecule has 1 fully saturated rings. The van der Waals surface area contributed by atoms with Crippen molar-refractivity contribution >= 4 is 5.97 Å². The summed E-state index contributed by atoms with van der Waals surface area (Å²) >= 11 is 0. The number of nitrogens with zero attached hydrogens (tertiary/aromatic N) is 2. The van der Waals surface area contributed by atoms with Crippen LogP contribution in [-0.4, -0.2) is 62.5 Å². The molecule has 1 aliphatic rings. The van der Waals surface area contributed by atoms with Crippen LogP contribution < -0.4 is 11.2 Å². The standard InChI is InChI=1S/C12H16N2O8/c1-21-8(17)4-14-7(16)2-3-13(12(14)20)11-10(19)9(18)6(5-15)22-11/h2-3,6,9-11,15,18-19H,4-5H2,1H3/t6-,9-,10-,11-/m1/s1. The van der Waals surface area contributed by atoms with Gasteiger partial charge in [-0.25, -0.2) is 9.36 Å². The molecule has 1 aromatic heterocycles. The van der Waals surface area contributed by atoms with Crippen molar-refractivity contribution in [2.45, 2.75) is 31.1 Å². The number of carbonyl (C=O) groups is 1. The first-order valence-electron chi connectivity index (χ1n) is 6.42. The number of hydrogen-bond donors (Lipinski definition) is 3. The summed E-state index contributed by atoms with van der Waals surface area (Å²) in [5.41, 5.74) is -1.63. The van der Waals surface area contributed by atoms with E-state index in [9.17, 15) is 24.6 Å². The van der Waals surface area contributed by atoms with Crippen LogP contribution in [0.3, 0.4) is 0 Å². The summed E-state index contributed by atoms with van der Waals surface area (Å²) in [4.78, 5) is 35.2. The van der Waals surface area contributed by atoms with Gasteiger partial charge in [-0.15, -0.1) is 0 Å². The van der Waals surface area contributed by atoms with Crippen molar-refractivity contribution in [1.82, 2.24) is 9.13 Å². The average molecular weight is 316 g/mol. The number of methoxy groups -OCH3 is 1. The van der Waals surface area contributed by atoms with Gasteiger partial charge in [-0.2, -0.15) is 0 Å². The molecule has 10 heteroatoms. The van der Waals surface area contributed by atoms with Crippen molar-refractivity contribution in [3.63, 3.8) is 0 Å². The highest BCUT2D eigenvalue weighted by molar-refractivity contribution is 5.68. The van der Waals surface area contributed by atoms with Crippen LogP contribution in [0.25, 0.3) is 0 Å². The smallest absolute Gasteiger partial charge is 0.333 e. The Bertz CT molecular complexity index is 666. The van der Waals surface area contributed by atoms with Gasteiger partial charge in [0.25, 0.3) is 5.56 Å². The third-order valence-corrected chi connectivity index (χ3v) is 3.40. The van der Waals surface area contributed by atoms with Crippen LogP contribution in [0.15, 0.2) is 21.9 Å². The van der Waals surface area contributed by atoms with Crippen LogP contribution in [0.1, 0.15) is 6.23 Å². The molecule has 2 rings (SSSR count). The lowest BCUT2D eigenvalue weighted by molar-refractivity contribution is -0.141. The second-order valence-electron chi connectivity index (χ2n) is 4.73. The Hall–Kier alpha value is -2.01. The van der Waals surface area contributed by atoms with Crippen molar-refractivity contribution in [2.75, 3.05) is 13.7 Å². The zero-order valence-electron chi connectivity index (χ0n) is 11.7. The van der Waals surface area contributed by atoms with Crippen LogP contribution >= 0.6 is 0 Å². The Balaban J connectivity index is 2.41. The topological polar surface area (TPSA) is 140 Å². The van der Waals surface area contributed by atoms with E-state index in [0.29, 0.717) is 4.57 Å². The number of aromatic nitrogens is 2. The lowest BCUT2D eigenvalue weighted by Crippen LogP contribution is -2.44. The van der Waals surface area contributed by atoms with Crippen LogP contribution in [-0.2, 0) is 20.8 Å². The Morgan fingerprint density at radius 2 is 2.05 bits per heavy atom. The Labute approximate surface area is 123 Å². The Morgan fingerprint density at radius 1 is 1.36 bits per heavy atom. The van der Waals surface area contributed by atoms with E-state index in [-0.39, 0.29) is 0 Å². The van der Waals surface area contributed by atoms with Gasteiger partial charge in [0.15, 0.2) is 6.23 Å². The molecule has 0 aromatic carbocycles. The van der Waals surface area contributed by atoms with Gasteiger partial charge in [0.05, 0.1) is 13.7 Å². The molecule has 22 heavy (non-hydrogen) atoms. The monoisotopic (exact) mass is 316 g/mol. The minimum Gasteiger partial charge on any atom is -0.468 e. The number of aliphatic hydroxyl groups is 3. The van der Waals surface area contributed by atoms with E-state index < -0.39 is 54.9 Å². The molecule has 4 atom stereocenters. The van der Waals surface area contributed by atoms with Gasteiger partial charge >= 0.3 is 11.7 Å².